The van der Waals surface area contributed by atoms with Crippen molar-refractivity contribution >= 4 is 29.5 Å². The molecule has 0 spiro atoms. The van der Waals surface area contributed by atoms with Gasteiger partial charge in [0.25, 0.3) is 0 Å². The fourth-order valence-electron chi connectivity index (χ4n) is 4.94. The third-order valence-corrected chi connectivity index (χ3v) is 9.57. The van der Waals surface area contributed by atoms with E-state index in [0.717, 1.165) is 40.4 Å². The molecule has 0 radical (unpaired) electrons. The molecule has 2 bridgehead atoms. The Morgan fingerprint density at radius 3 is 2.56 bits per heavy atom. The number of allylic oxidation sites excluding steroid dienone is 2. The van der Waals surface area contributed by atoms with Gasteiger partial charge >= 0.3 is 5.97 Å². The van der Waals surface area contributed by atoms with Crippen LogP contribution in [0.1, 0.15) is 77.0 Å². The average Bonchev–Trinajstić information content (AvgIpc) is 3.21. The monoisotopic (exact) mass is 382 g/mol. The predicted octanol–water partition coefficient (Wildman–Crippen LogP) is 6.15. The lowest BCUT2D eigenvalue weighted by atomic mass is 9.76. The lowest BCUT2D eigenvalue weighted by Crippen LogP contribution is -2.27. The first-order chi connectivity index (χ1) is 12.2. The fraction of sp³-hybridized carbons (Fsp3) is 0.857. The van der Waals surface area contributed by atoms with Crippen molar-refractivity contribution in [3.8, 4) is 0 Å². The topological polar surface area (TPSA) is 37.3 Å². The van der Waals surface area contributed by atoms with E-state index in [9.17, 15) is 4.79 Å². The molecular formula is C21H34O2S2. The number of hydrogen-bond acceptors (Lipinski definition) is 3. The summed E-state index contributed by atoms with van der Waals surface area (Å²) >= 11 is 4.55. The first kappa shape index (κ1) is 19.7. The summed E-state index contributed by atoms with van der Waals surface area (Å²) < 4.78 is 0. The van der Waals surface area contributed by atoms with Gasteiger partial charge in [0, 0.05) is 22.2 Å². The lowest BCUT2D eigenvalue weighted by molar-refractivity contribution is -0.137. The van der Waals surface area contributed by atoms with Gasteiger partial charge in [0.2, 0.25) is 0 Å². The molecule has 0 aromatic heterocycles. The number of fused-ring (bicyclic) bond motifs is 2. The molecule has 1 unspecified atom stereocenters. The van der Waals surface area contributed by atoms with E-state index >= 15 is 0 Å². The first-order valence-corrected chi connectivity index (χ1v) is 12.4. The van der Waals surface area contributed by atoms with Crippen molar-refractivity contribution in [3.63, 3.8) is 0 Å². The van der Waals surface area contributed by atoms with Gasteiger partial charge in [-0.05, 0) is 69.0 Å². The molecule has 2 heterocycles. The van der Waals surface area contributed by atoms with Crippen LogP contribution >= 0.6 is 23.5 Å². The van der Waals surface area contributed by atoms with Crippen molar-refractivity contribution in [1.29, 1.82) is 0 Å². The highest BCUT2D eigenvalue weighted by Gasteiger charge is 2.47. The molecule has 4 heteroatoms. The fourth-order valence-corrected chi connectivity index (χ4v) is 8.40. The van der Waals surface area contributed by atoms with Crippen molar-refractivity contribution in [2.45, 2.75) is 92.8 Å². The summed E-state index contributed by atoms with van der Waals surface area (Å²) in [6.07, 6.45) is 19.4. The summed E-state index contributed by atoms with van der Waals surface area (Å²) in [5, 5.41) is 11.5. The van der Waals surface area contributed by atoms with E-state index in [4.69, 9.17) is 5.11 Å². The number of hydrogen-bond donors (Lipinski definition) is 1. The summed E-state index contributed by atoms with van der Waals surface area (Å²) in [5.41, 5.74) is 0. The van der Waals surface area contributed by atoms with Crippen LogP contribution in [0.2, 0.25) is 0 Å². The SMILES string of the molecule is O=C(O)CCC/C=C\C[C@H]1C2CC[C@H](S2)[C@H]1CCSC1CCCCC1. The van der Waals surface area contributed by atoms with Gasteiger partial charge in [0.15, 0.2) is 0 Å². The standard InChI is InChI=1S/C21H34O2S2/c22-21(23)11-7-2-1-6-10-17-18(20-13-12-19(17)25-20)14-15-24-16-8-4-3-5-9-16/h1,6,16-20H,2-5,7-15H2,(H,22,23)/b6-1-/t17-,18+,19?,20+/m1/s1. The van der Waals surface area contributed by atoms with E-state index in [0.29, 0.717) is 6.42 Å². The zero-order valence-corrected chi connectivity index (χ0v) is 17.0. The molecule has 2 aliphatic heterocycles. The second-order valence-corrected chi connectivity index (χ2v) is 10.9. The summed E-state index contributed by atoms with van der Waals surface area (Å²) in [7, 11) is 0. The van der Waals surface area contributed by atoms with Gasteiger partial charge in [-0.15, -0.1) is 0 Å². The number of unbranched alkanes of at least 4 members (excludes halogenated alkanes) is 1. The Bertz CT molecular complexity index is 445. The highest BCUT2D eigenvalue weighted by Crippen LogP contribution is 2.55. The van der Waals surface area contributed by atoms with E-state index in [1.165, 1.54) is 63.5 Å². The smallest absolute Gasteiger partial charge is 0.303 e. The average molecular weight is 383 g/mol. The molecule has 4 atom stereocenters. The number of carboxylic acid groups (broad SMARTS) is 1. The van der Waals surface area contributed by atoms with E-state index in [1.54, 1.807) is 0 Å². The Hall–Kier alpha value is -0.0900. The summed E-state index contributed by atoms with van der Waals surface area (Å²) in [4.78, 5) is 10.6. The van der Waals surface area contributed by atoms with Gasteiger partial charge in [-0.3, -0.25) is 4.79 Å². The molecule has 3 fully saturated rings. The van der Waals surface area contributed by atoms with Gasteiger partial charge in [-0.1, -0.05) is 31.4 Å². The maximum Gasteiger partial charge on any atom is 0.303 e. The minimum Gasteiger partial charge on any atom is -0.481 e. The number of carboxylic acids is 1. The molecule has 3 aliphatic rings. The van der Waals surface area contributed by atoms with E-state index in [1.807, 2.05) is 0 Å². The normalized spacial score (nSPS) is 32.6. The Morgan fingerprint density at radius 2 is 1.80 bits per heavy atom. The highest BCUT2D eigenvalue weighted by atomic mass is 32.2. The molecule has 142 valence electrons. The maximum atomic E-state index is 10.6. The van der Waals surface area contributed by atoms with Crippen molar-refractivity contribution in [2.24, 2.45) is 11.8 Å². The van der Waals surface area contributed by atoms with Crippen LogP contribution in [0.15, 0.2) is 12.2 Å². The number of aliphatic carboxylic acids is 1. The largest absolute Gasteiger partial charge is 0.481 e. The lowest BCUT2D eigenvalue weighted by Gasteiger charge is -2.30. The van der Waals surface area contributed by atoms with Crippen molar-refractivity contribution < 1.29 is 9.90 Å². The van der Waals surface area contributed by atoms with Crippen molar-refractivity contribution in [2.75, 3.05) is 5.75 Å². The van der Waals surface area contributed by atoms with Gasteiger partial charge in [0.05, 0.1) is 0 Å². The molecule has 2 saturated heterocycles. The third kappa shape index (κ3) is 5.95. The Kier molecular flexibility index (Phi) is 8.10. The maximum absolute atomic E-state index is 10.6. The second kappa shape index (κ2) is 10.3. The number of thioether (sulfide) groups is 2. The predicted molar refractivity (Wildman–Crippen MR) is 111 cm³/mol. The van der Waals surface area contributed by atoms with Crippen molar-refractivity contribution in [3.05, 3.63) is 12.2 Å². The van der Waals surface area contributed by atoms with Crippen LogP contribution in [-0.4, -0.2) is 32.6 Å². The molecule has 3 rings (SSSR count). The summed E-state index contributed by atoms with van der Waals surface area (Å²) in [6, 6.07) is 0. The molecule has 25 heavy (non-hydrogen) atoms. The Morgan fingerprint density at radius 1 is 1.04 bits per heavy atom. The molecule has 1 N–H and O–H groups in total. The summed E-state index contributed by atoms with van der Waals surface area (Å²) in [6.45, 7) is 0. The van der Waals surface area contributed by atoms with Crippen molar-refractivity contribution in [1.82, 2.24) is 0 Å². The molecule has 0 aromatic rings. The molecule has 2 nitrogen and oxygen atoms in total. The second-order valence-electron chi connectivity index (χ2n) is 8.03. The molecule has 1 saturated carbocycles. The molecule has 0 aromatic carbocycles. The molecular weight excluding hydrogens is 348 g/mol. The van der Waals surface area contributed by atoms with Gasteiger partial charge in [0.1, 0.15) is 0 Å². The van der Waals surface area contributed by atoms with E-state index < -0.39 is 5.97 Å². The van der Waals surface area contributed by atoms with Gasteiger partial charge in [-0.2, -0.15) is 23.5 Å². The minimum atomic E-state index is -0.673. The van der Waals surface area contributed by atoms with Crippen LogP contribution in [0, 0.1) is 11.8 Å². The summed E-state index contributed by atoms with van der Waals surface area (Å²) in [5.74, 6) is 2.51. The number of carbonyl (C=O) groups is 1. The zero-order chi connectivity index (χ0) is 17.5. The zero-order valence-electron chi connectivity index (χ0n) is 15.4. The van der Waals surface area contributed by atoms with E-state index in [-0.39, 0.29) is 0 Å². The van der Waals surface area contributed by atoms with Crippen LogP contribution in [0.25, 0.3) is 0 Å². The minimum absolute atomic E-state index is 0.301. The molecule has 1 aliphatic carbocycles. The number of rotatable bonds is 10. The van der Waals surface area contributed by atoms with Crippen LogP contribution in [0.4, 0.5) is 0 Å². The Balaban J connectivity index is 1.38. The molecule has 0 amide bonds. The Labute approximate surface area is 162 Å². The van der Waals surface area contributed by atoms with Gasteiger partial charge < -0.3 is 5.11 Å². The third-order valence-electron chi connectivity index (χ3n) is 6.28. The van der Waals surface area contributed by atoms with Crippen LogP contribution < -0.4 is 0 Å². The van der Waals surface area contributed by atoms with Crippen LogP contribution in [0.5, 0.6) is 0 Å². The van der Waals surface area contributed by atoms with Gasteiger partial charge in [-0.25, -0.2) is 0 Å². The quantitative estimate of drug-likeness (QED) is 0.363. The van der Waals surface area contributed by atoms with E-state index in [2.05, 4.69) is 35.7 Å². The van der Waals surface area contributed by atoms with Crippen LogP contribution in [-0.2, 0) is 4.79 Å². The first-order valence-electron chi connectivity index (χ1n) is 10.4. The van der Waals surface area contributed by atoms with Crippen LogP contribution in [0.3, 0.4) is 0 Å². The highest BCUT2D eigenvalue weighted by molar-refractivity contribution is 8.01.